The van der Waals surface area contributed by atoms with Gasteiger partial charge in [-0.1, -0.05) is 233 Å². The Morgan fingerprint density at radius 1 is 0.420 bits per heavy atom. The van der Waals surface area contributed by atoms with Crippen LogP contribution in [-0.4, -0.2) is 115 Å². The van der Waals surface area contributed by atoms with Gasteiger partial charge < -0.3 is 56.4 Å². The fourth-order valence-electron chi connectivity index (χ4n) is 12.0. The van der Waals surface area contributed by atoms with Crippen LogP contribution in [0, 0.1) is 0 Å². The summed E-state index contributed by atoms with van der Waals surface area (Å²) in [5.41, 5.74) is 9.91. The number of carbonyl (C=O) groups excluding carboxylic acids is 8. The van der Waals surface area contributed by atoms with Gasteiger partial charge in [-0.05, 0) is 108 Å². The number of ether oxygens (including phenoxy) is 4. The van der Waals surface area contributed by atoms with Crippen LogP contribution in [0.4, 0.5) is 4.79 Å². The summed E-state index contributed by atoms with van der Waals surface area (Å²) in [6, 6.07) is 23.6. The Labute approximate surface area is 599 Å². The molecule has 4 rings (SSSR count). The fourth-order valence-corrected chi connectivity index (χ4v) is 12.0. The SMILES string of the molecule is CC(C)(C)OC(=O)CCCCCCCCCCCCCCCCC(=O)N[C@@H](CCC(=O)NCCN)C(=O)O.CC(C)(C)OC(=O)CCCCCCCCCCCCCCCCC(=O)N[C@@H](CCC(=O)NCCNC(=O)OCC1c2ccccc2-c2ccccc21)C(=O)OCc1ccccc1.[HH]. The Kier molecular flexibility index (Phi) is 45.7. The van der Waals surface area contributed by atoms with Crippen molar-refractivity contribution in [2.45, 2.75) is 309 Å². The molecule has 0 saturated heterocycles. The Bertz CT molecular complexity index is 2780. The Balaban J connectivity index is 0.000000766. The first-order chi connectivity index (χ1) is 48.0. The first kappa shape index (κ1) is 86.9. The number of hydrogen-bond donors (Lipinski definition) is 7. The lowest BCUT2D eigenvalue weighted by molar-refractivity contribution is -0.156. The standard InChI is InChI=1S/C51H71N3O8.C29H55N3O6.H2/c1-51(2,3)62-48(57)32-20-15-13-11-9-7-5-4-6-8-10-12-14-19-31-47(56)54-45(49(58)60-37-39-25-17-16-18-26-39)33-34-46(55)52-35-36-53-50(59)61-38-44-42-29-23-21-27-40(42)41-28-22-24-30-43(41)44;1-29(2,3)38-27(35)19-17-15-13-11-9-7-5-4-6-8-10-12-14-16-18-26(34)32-24(28(36)37)20-21-25(33)31-23-22-30;/h16-18,21-30,44-45H,4-15,19-20,31-38H2,1-3H3,(H,52,55)(H,53,59)(H,54,56);24H,4-23,30H2,1-3H3,(H,31,33)(H,32,34)(H,36,37);1H/t45-;24-;/m00./s1. The number of aliphatic carboxylic acids is 1. The number of fused-ring (bicyclic) bond motifs is 3. The molecule has 8 N–H and O–H groups in total. The third-order valence-electron chi connectivity index (χ3n) is 17.2. The predicted octanol–water partition coefficient (Wildman–Crippen LogP) is 15.5. The van der Waals surface area contributed by atoms with Gasteiger partial charge in [-0.25, -0.2) is 14.4 Å². The van der Waals surface area contributed by atoms with Gasteiger partial charge in [-0.15, -0.1) is 0 Å². The molecular formula is C80H128N6O14. The maximum atomic E-state index is 13.1. The van der Waals surface area contributed by atoms with Gasteiger partial charge in [0, 0.05) is 72.0 Å². The maximum Gasteiger partial charge on any atom is 0.407 e. The molecule has 3 aromatic carbocycles. The van der Waals surface area contributed by atoms with Crippen molar-refractivity contribution in [3.05, 3.63) is 95.6 Å². The quantitative estimate of drug-likeness (QED) is 0.0157. The van der Waals surface area contributed by atoms with Crippen molar-refractivity contribution in [1.29, 1.82) is 0 Å². The van der Waals surface area contributed by atoms with E-state index in [2.05, 4.69) is 50.8 Å². The molecule has 1 aliphatic rings. The normalized spacial score (nSPS) is 12.3. The number of alkyl carbamates (subject to hydrolysis) is 1. The number of carboxylic acid groups (broad SMARTS) is 1. The number of hydrogen-bond acceptors (Lipinski definition) is 14. The van der Waals surface area contributed by atoms with Crippen molar-refractivity contribution in [1.82, 2.24) is 26.6 Å². The summed E-state index contributed by atoms with van der Waals surface area (Å²) in [4.78, 5) is 110. The van der Waals surface area contributed by atoms with Crippen molar-refractivity contribution in [2.75, 3.05) is 32.8 Å². The topological polar surface area (TPSA) is 297 Å². The van der Waals surface area contributed by atoms with E-state index in [1.807, 2.05) is 96.1 Å². The summed E-state index contributed by atoms with van der Waals surface area (Å²) in [5.74, 6) is -3.02. The maximum absolute atomic E-state index is 13.1. The van der Waals surface area contributed by atoms with Crippen molar-refractivity contribution in [3.8, 4) is 11.1 Å². The lowest BCUT2D eigenvalue weighted by Crippen LogP contribution is -2.43. The van der Waals surface area contributed by atoms with Crippen LogP contribution in [0.25, 0.3) is 11.1 Å². The van der Waals surface area contributed by atoms with Crippen LogP contribution in [-0.2, 0) is 63.9 Å². The molecule has 0 unspecified atom stereocenters. The van der Waals surface area contributed by atoms with Crippen LogP contribution in [0.2, 0.25) is 0 Å². The van der Waals surface area contributed by atoms with Gasteiger partial charge in [-0.3, -0.25) is 28.8 Å². The van der Waals surface area contributed by atoms with Crippen molar-refractivity contribution >= 4 is 53.6 Å². The number of carbonyl (C=O) groups is 9. The van der Waals surface area contributed by atoms with Crippen LogP contribution in [0.5, 0.6) is 0 Å². The van der Waals surface area contributed by atoms with Crippen molar-refractivity contribution < 1.29 is 68.6 Å². The van der Waals surface area contributed by atoms with E-state index < -0.39 is 41.3 Å². The first-order valence-corrected chi connectivity index (χ1v) is 37.8. The number of esters is 3. The zero-order valence-corrected chi connectivity index (χ0v) is 61.8. The number of nitrogens with one attached hydrogen (secondary N) is 5. The van der Waals surface area contributed by atoms with E-state index in [1.165, 1.54) is 103 Å². The third-order valence-corrected chi connectivity index (χ3v) is 17.2. The molecule has 100 heavy (non-hydrogen) atoms. The molecule has 0 radical (unpaired) electrons. The molecule has 2 atom stereocenters. The number of carboxylic acids is 1. The predicted molar refractivity (Wildman–Crippen MR) is 396 cm³/mol. The van der Waals surface area contributed by atoms with Gasteiger partial charge in [0.15, 0.2) is 0 Å². The molecule has 0 heterocycles. The molecule has 562 valence electrons. The molecule has 20 heteroatoms. The molecule has 0 fully saturated rings. The summed E-state index contributed by atoms with van der Waals surface area (Å²) in [5, 5.41) is 22.7. The highest BCUT2D eigenvalue weighted by molar-refractivity contribution is 5.86. The lowest BCUT2D eigenvalue weighted by Gasteiger charge is -2.19. The first-order valence-electron chi connectivity index (χ1n) is 37.8. The molecule has 0 bridgehead atoms. The minimum absolute atomic E-state index is 0. The van der Waals surface area contributed by atoms with Crippen LogP contribution in [0.15, 0.2) is 78.9 Å². The largest absolute Gasteiger partial charge is 0.480 e. The highest BCUT2D eigenvalue weighted by Gasteiger charge is 2.30. The van der Waals surface area contributed by atoms with Crippen LogP contribution >= 0.6 is 0 Å². The van der Waals surface area contributed by atoms with E-state index in [0.717, 1.165) is 105 Å². The van der Waals surface area contributed by atoms with Crippen LogP contribution in [0.3, 0.4) is 0 Å². The zero-order valence-electron chi connectivity index (χ0n) is 61.8. The van der Waals surface area contributed by atoms with Gasteiger partial charge >= 0.3 is 30.0 Å². The molecular weight excluding hydrogens is 1270 g/mol. The number of nitrogens with two attached hydrogens (primary N) is 1. The molecule has 0 saturated carbocycles. The van der Waals surface area contributed by atoms with Gasteiger partial charge in [-0.2, -0.15) is 0 Å². The number of benzene rings is 3. The molecule has 0 spiro atoms. The summed E-state index contributed by atoms with van der Waals surface area (Å²) in [6.07, 6.45) is 32.9. The average molecular weight is 1400 g/mol. The fraction of sp³-hybridized carbons (Fsp3) is 0.662. The van der Waals surface area contributed by atoms with Crippen molar-refractivity contribution in [3.63, 3.8) is 0 Å². The monoisotopic (exact) mass is 1400 g/mol. The summed E-state index contributed by atoms with van der Waals surface area (Å²) in [7, 11) is 0. The Morgan fingerprint density at radius 3 is 1.17 bits per heavy atom. The van der Waals surface area contributed by atoms with Gasteiger partial charge in [0.05, 0.1) is 0 Å². The van der Waals surface area contributed by atoms with E-state index >= 15 is 0 Å². The summed E-state index contributed by atoms with van der Waals surface area (Å²) in [6.45, 7) is 12.7. The number of rotatable bonds is 53. The highest BCUT2D eigenvalue weighted by atomic mass is 16.6. The number of unbranched alkanes of at least 4 members (excludes halogenated alkanes) is 26. The van der Waals surface area contributed by atoms with Gasteiger partial charge in [0.25, 0.3) is 0 Å². The van der Waals surface area contributed by atoms with Crippen LogP contribution in [0.1, 0.15) is 297 Å². The highest BCUT2D eigenvalue weighted by Crippen LogP contribution is 2.44. The summed E-state index contributed by atoms with van der Waals surface area (Å²) < 4.78 is 21.8. The van der Waals surface area contributed by atoms with Gasteiger partial charge in [0.2, 0.25) is 23.6 Å². The third kappa shape index (κ3) is 43.3. The molecule has 1 aliphatic carbocycles. The van der Waals surface area contributed by atoms with E-state index in [-0.39, 0.29) is 94.9 Å². The van der Waals surface area contributed by atoms with E-state index in [4.69, 9.17) is 24.7 Å². The average Bonchev–Trinajstić information content (AvgIpc) is 1.62. The Hall–Kier alpha value is -7.35. The molecule has 3 aromatic rings. The summed E-state index contributed by atoms with van der Waals surface area (Å²) >= 11 is 0. The van der Waals surface area contributed by atoms with E-state index in [9.17, 15) is 48.3 Å². The number of amides is 5. The smallest absolute Gasteiger partial charge is 0.407 e. The molecule has 20 nitrogen and oxygen atoms in total. The second kappa shape index (κ2) is 52.6. The zero-order chi connectivity index (χ0) is 73.1. The molecule has 5 amide bonds. The minimum atomic E-state index is -1.12. The van der Waals surface area contributed by atoms with Gasteiger partial charge in [0.1, 0.15) is 36.5 Å². The second-order valence-corrected chi connectivity index (χ2v) is 28.6. The van der Waals surface area contributed by atoms with Crippen molar-refractivity contribution in [2.24, 2.45) is 5.73 Å². The lowest BCUT2D eigenvalue weighted by atomic mass is 9.98. The molecule has 0 aromatic heterocycles. The van der Waals surface area contributed by atoms with Crippen LogP contribution < -0.4 is 32.3 Å². The Morgan fingerprint density at radius 2 is 0.770 bits per heavy atom. The molecule has 0 aliphatic heterocycles. The second-order valence-electron chi connectivity index (χ2n) is 28.6. The minimum Gasteiger partial charge on any atom is -0.480 e. The van der Waals surface area contributed by atoms with E-state index in [0.29, 0.717) is 38.8 Å². The van der Waals surface area contributed by atoms with E-state index in [1.54, 1.807) is 0 Å².